The fraction of sp³-hybridized carbons (Fsp3) is 0.333. The number of H-pyrrole nitrogens is 1. The molecule has 2 heterocycles. The summed E-state index contributed by atoms with van der Waals surface area (Å²) in [5.74, 6) is 0.836. The van der Waals surface area contributed by atoms with E-state index < -0.39 is 0 Å². The van der Waals surface area contributed by atoms with Crippen molar-refractivity contribution in [3.63, 3.8) is 0 Å². The molecule has 6 heteroatoms. The van der Waals surface area contributed by atoms with Crippen molar-refractivity contribution in [1.29, 1.82) is 0 Å². The number of ether oxygens (including phenoxy) is 2. The van der Waals surface area contributed by atoms with Crippen LogP contribution in [0.3, 0.4) is 0 Å². The molecule has 1 atom stereocenters. The molecule has 1 amide bonds. The maximum Gasteiger partial charge on any atom is 0.415 e. The van der Waals surface area contributed by atoms with Gasteiger partial charge in [0.15, 0.2) is 0 Å². The fourth-order valence-corrected chi connectivity index (χ4v) is 3.52. The SMILES string of the molecule is CCCOc1ccc([C@H]2COC(=O)N2c2cc3[nH]cnc3c(C)c2C)cc1. The summed E-state index contributed by atoms with van der Waals surface area (Å²) in [6.07, 6.45) is 2.32. The van der Waals surface area contributed by atoms with Crippen LogP contribution in [0.2, 0.25) is 0 Å². The number of nitrogens with zero attached hydrogens (tertiary/aromatic N) is 2. The zero-order valence-electron chi connectivity index (χ0n) is 15.8. The second-order valence-corrected chi connectivity index (χ2v) is 6.82. The number of carbonyl (C=O) groups is 1. The summed E-state index contributed by atoms with van der Waals surface area (Å²) in [5.41, 5.74) is 5.80. The van der Waals surface area contributed by atoms with Crippen LogP contribution >= 0.6 is 0 Å². The lowest BCUT2D eigenvalue weighted by Gasteiger charge is -2.24. The highest BCUT2D eigenvalue weighted by atomic mass is 16.6. The number of benzene rings is 2. The van der Waals surface area contributed by atoms with Crippen LogP contribution in [0.25, 0.3) is 11.0 Å². The molecule has 1 aliphatic heterocycles. The number of aromatic amines is 1. The molecule has 27 heavy (non-hydrogen) atoms. The first-order valence-electron chi connectivity index (χ1n) is 9.22. The smallest absolute Gasteiger partial charge is 0.415 e. The van der Waals surface area contributed by atoms with Gasteiger partial charge in [0.25, 0.3) is 0 Å². The molecule has 3 aromatic rings. The molecule has 4 rings (SSSR count). The molecule has 6 nitrogen and oxygen atoms in total. The largest absolute Gasteiger partial charge is 0.494 e. The molecule has 0 saturated carbocycles. The molecule has 0 aliphatic carbocycles. The Hall–Kier alpha value is -3.02. The summed E-state index contributed by atoms with van der Waals surface area (Å²) >= 11 is 0. The van der Waals surface area contributed by atoms with E-state index in [9.17, 15) is 4.79 Å². The molecule has 140 valence electrons. The standard InChI is InChI=1S/C21H23N3O3/c1-4-9-26-16-7-5-15(6-8-16)19-11-27-21(25)24(19)18-10-17-20(23-12-22-17)14(3)13(18)2/h5-8,10,12,19H,4,9,11H2,1-3H3,(H,22,23)/t19-/m1/s1. The fourth-order valence-electron chi connectivity index (χ4n) is 3.52. The van der Waals surface area contributed by atoms with Crippen LogP contribution in [0.15, 0.2) is 36.7 Å². The van der Waals surface area contributed by atoms with Gasteiger partial charge in [0.2, 0.25) is 0 Å². The number of rotatable bonds is 5. The summed E-state index contributed by atoms with van der Waals surface area (Å²) in [5, 5.41) is 0. The van der Waals surface area contributed by atoms with Gasteiger partial charge in [-0.1, -0.05) is 19.1 Å². The van der Waals surface area contributed by atoms with Crippen molar-refractivity contribution in [2.45, 2.75) is 33.2 Å². The van der Waals surface area contributed by atoms with Gasteiger partial charge in [-0.3, -0.25) is 4.90 Å². The van der Waals surface area contributed by atoms with Crippen molar-refractivity contribution in [3.8, 4) is 5.75 Å². The third kappa shape index (κ3) is 3.01. The summed E-state index contributed by atoms with van der Waals surface area (Å²) in [6, 6.07) is 9.70. The number of hydrogen-bond donors (Lipinski definition) is 1. The van der Waals surface area contributed by atoms with Gasteiger partial charge in [-0.15, -0.1) is 0 Å². The number of carbonyl (C=O) groups excluding carboxylic acids is 1. The minimum absolute atomic E-state index is 0.170. The van der Waals surface area contributed by atoms with Crippen molar-refractivity contribution in [1.82, 2.24) is 9.97 Å². The van der Waals surface area contributed by atoms with Gasteiger partial charge in [0.05, 0.1) is 35.7 Å². The molecular weight excluding hydrogens is 342 g/mol. The average molecular weight is 365 g/mol. The van der Waals surface area contributed by atoms with E-state index in [4.69, 9.17) is 9.47 Å². The molecule has 1 saturated heterocycles. The first-order valence-corrected chi connectivity index (χ1v) is 9.22. The number of nitrogens with one attached hydrogen (secondary N) is 1. The minimum Gasteiger partial charge on any atom is -0.494 e. The van der Waals surface area contributed by atoms with Crippen molar-refractivity contribution in [2.75, 3.05) is 18.1 Å². The summed E-state index contributed by atoms with van der Waals surface area (Å²) < 4.78 is 11.1. The van der Waals surface area contributed by atoms with Crippen LogP contribution < -0.4 is 9.64 Å². The third-order valence-corrected chi connectivity index (χ3v) is 5.12. The lowest BCUT2D eigenvalue weighted by atomic mass is 10.0. The highest BCUT2D eigenvalue weighted by Gasteiger charge is 2.36. The second-order valence-electron chi connectivity index (χ2n) is 6.82. The van der Waals surface area contributed by atoms with Crippen LogP contribution in [0.4, 0.5) is 10.5 Å². The zero-order chi connectivity index (χ0) is 19.0. The highest BCUT2D eigenvalue weighted by Crippen LogP contribution is 2.38. The topological polar surface area (TPSA) is 67.5 Å². The lowest BCUT2D eigenvalue weighted by Crippen LogP contribution is -2.28. The maximum atomic E-state index is 12.6. The quantitative estimate of drug-likeness (QED) is 0.714. The third-order valence-electron chi connectivity index (χ3n) is 5.12. The van der Waals surface area contributed by atoms with Gasteiger partial charge in [-0.2, -0.15) is 0 Å². The first-order chi connectivity index (χ1) is 13.1. The molecular formula is C21H23N3O3. The molecule has 1 N–H and O–H groups in total. The molecule has 1 fully saturated rings. The number of amides is 1. The normalized spacial score (nSPS) is 16.8. The Labute approximate surface area is 158 Å². The van der Waals surface area contributed by atoms with Crippen LogP contribution in [-0.2, 0) is 4.74 Å². The van der Waals surface area contributed by atoms with E-state index in [1.54, 1.807) is 11.2 Å². The lowest BCUT2D eigenvalue weighted by molar-refractivity contribution is 0.179. The number of aryl methyl sites for hydroxylation is 1. The molecule has 0 bridgehead atoms. The monoisotopic (exact) mass is 365 g/mol. The predicted octanol–water partition coefficient (Wildman–Crippen LogP) is 4.67. The van der Waals surface area contributed by atoms with Gasteiger partial charge >= 0.3 is 6.09 Å². The summed E-state index contributed by atoms with van der Waals surface area (Å²) in [4.78, 5) is 21.8. The van der Waals surface area contributed by atoms with Gasteiger partial charge in [-0.05, 0) is 55.2 Å². The number of imidazole rings is 1. The average Bonchev–Trinajstić information content (AvgIpc) is 3.30. The van der Waals surface area contributed by atoms with E-state index in [0.29, 0.717) is 13.2 Å². The highest BCUT2D eigenvalue weighted by molar-refractivity contribution is 5.95. The number of cyclic esters (lactones) is 1. The molecule has 0 spiro atoms. The molecule has 1 aliphatic rings. The van der Waals surface area contributed by atoms with Crippen LogP contribution in [0, 0.1) is 13.8 Å². The van der Waals surface area contributed by atoms with Gasteiger partial charge in [-0.25, -0.2) is 9.78 Å². The van der Waals surface area contributed by atoms with E-state index in [0.717, 1.165) is 45.6 Å². The molecule has 2 aromatic carbocycles. The Morgan fingerprint density at radius 2 is 2.04 bits per heavy atom. The predicted molar refractivity (Wildman–Crippen MR) is 104 cm³/mol. The Morgan fingerprint density at radius 1 is 1.26 bits per heavy atom. The Bertz CT molecular complexity index is 978. The van der Waals surface area contributed by atoms with Crippen LogP contribution in [0.1, 0.15) is 36.1 Å². The maximum absolute atomic E-state index is 12.6. The molecule has 0 unspecified atom stereocenters. The van der Waals surface area contributed by atoms with E-state index in [2.05, 4.69) is 16.9 Å². The number of fused-ring (bicyclic) bond motifs is 1. The van der Waals surface area contributed by atoms with Crippen molar-refractivity contribution >= 4 is 22.8 Å². The Kier molecular flexibility index (Phi) is 4.48. The number of aromatic nitrogens is 2. The minimum atomic E-state index is -0.326. The van der Waals surface area contributed by atoms with Crippen LogP contribution in [0.5, 0.6) is 5.75 Å². The molecule has 0 radical (unpaired) electrons. The summed E-state index contributed by atoms with van der Waals surface area (Å²) in [6.45, 7) is 7.14. The van der Waals surface area contributed by atoms with Gasteiger partial charge in [0.1, 0.15) is 12.4 Å². The number of anilines is 1. The number of hydrogen-bond acceptors (Lipinski definition) is 4. The van der Waals surface area contributed by atoms with E-state index in [-0.39, 0.29) is 12.1 Å². The molecule has 1 aromatic heterocycles. The van der Waals surface area contributed by atoms with Crippen molar-refractivity contribution < 1.29 is 14.3 Å². The van der Waals surface area contributed by atoms with Crippen molar-refractivity contribution in [2.24, 2.45) is 0 Å². The van der Waals surface area contributed by atoms with Crippen molar-refractivity contribution in [3.05, 3.63) is 53.3 Å². The van der Waals surface area contributed by atoms with Gasteiger partial charge < -0.3 is 14.5 Å². The van der Waals surface area contributed by atoms with Crippen LogP contribution in [-0.4, -0.2) is 29.3 Å². The second kappa shape index (κ2) is 6.95. The Balaban J connectivity index is 1.71. The van der Waals surface area contributed by atoms with Gasteiger partial charge in [0, 0.05) is 0 Å². The van der Waals surface area contributed by atoms with E-state index in [1.807, 2.05) is 44.2 Å². The summed E-state index contributed by atoms with van der Waals surface area (Å²) in [7, 11) is 0. The van der Waals surface area contributed by atoms with E-state index in [1.165, 1.54) is 0 Å². The Morgan fingerprint density at radius 3 is 2.78 bits per heavy atom. The van der Waals surface area contributed by atoms with E-state index >= 15 is 0 Å². The first kappa shape index (κ1) is 17.4. The zero-order valence-corrected chi connectivity index (χ0v) is 15.8.